The van der Waals surface area contributed by atoms with E-state index in [1.54, 1.807) is 19.2 Å². The van der Waals surface area contributed by atoms with Crippen LogP contribution in [0.1, 0.15) is 34.0 Å². The van der Waals surface area contributed by atoms with Gasteiger partial charge in [0.2, 0.25) is 0 Å². The highest BCUT2D eigenvalue weighted by molar-refractivity contribution is 7.10. The van der Waals surface area contributed by atoms with Gasteiger partial charge < -0.3 is 19.5 Å². The first-order chi connectivity index (χ1) is 16.5. The first-order valence-electron chi connectivity index (χ1n) is 11.1. The fourth-order valence-corrected chi connectivity index (χ4v) is 4.96. The molecule has 6 nitrogen and oxygen atoms in total. The number of methoxy groups -OCH3 is 1. The Morgan fingerprint density at radius 1 is 1.09 bits per heavy atom. The Morgan fingerprint density at radius 2 is 1.88 bits per heavy atom. The Bertz CT molecular complexity index is 1190. The third-order valence-corrected chi connectivity index (χ3v) is 6.73. The number of carbonyl (C=O) groups is 2. The minimum Gasteiger partial charge on any atom is -0.507 e. The lowest BCUT2D eigenvalue weighted by molar-refractivity contribution is -0.140. The number of carbonyl (C=O) groups excluding carboxylic acids is 2. The normalized spacial score (nSPS) is 17.4. The number of hydrogen-bond acceptors (Lipinski definition) is 6. The number of nitrogens with zero attached hydrogens (tertiary/aromatic N) is 1. The summed E-state index contributed by atoms with van der Waals surface area (Å²) < 4.78 is 11.0. The summed E-state index contributed by atoms with van der Waals surface area (Å²) in [7, 11) is 1.60. The second-order valence-corrected chi connectivity index (χ2v) is 9.08. The average Bonchev–Trinajstić information content (AvgIpc) is 3.46. The van der Waals surface area contributed by atoms with Gasteiger partial charge in [0, 0.05) is 30.7 Å². The molecular weight excluding hydrogens is 450 g/mol. The fraction of sp³-hybridized carbons (Fsp3) is 0.259. The van der Waals surface area contributed by atoms with E-state index in [1.807, 2.05) is 60.8 Å². The van der Waals surface area contributed by atoms with Gasteiger partial charge in [0.05, 0.1) is 11.6 Å². The van der Waals surface area contributed by atoms with Crippen LogP contribution in [0.5, 0.6) is 5.75 Å². The molecule has 2 aromatic carbocycles. The molecule has 0 bridgehead atoms. The number of aliphatic hydroxyl groups is 1. The van der Waals surface area contributed by atoms with E-state index >= 15 is 0 Å². The van der Waals surface area contributed by atoms with Crippen LogP contribution in [0.2, 0.25) is 0 Å². The van der Waals surface area contributed by atoms with Crippen molar-refractivity contribution in [1.82, 2.24) is 4.90 Å². The molecule has 0 aliphatic carbocycles. The summed E-state index contributed by atoms with van der Waals surface area (Å²) in [4.78, 5) is 28.3. The van der Waals surface area contributed by atoms with Crippen molar-refractivity contribution >= 4 is 28.8 Å². The van der Waals surface area contributed by atoms with Crippen molar-refractivity contribution in [2.45, 2.75) is 26.0 Å². The number of benzene rings is 2. The molecule has 1 amide bonds. The number of hydrogen-bond donors (Lipinski definition) is 1. The van der Waals surface area contributed by atoms with Crippen molar-refractivity contribution in [2.24, 2.45) is 0 Å². The minimum absolute atomic E-state index is 0.117. The van der Waals surface area contributed by atoms with Gasteiger partial charge in [0.1, 0.15) is 18.1 Å². The molecule has 1 saturated heterocycles. The molecule has 3 aromatic rings. The van der Waals surface area contributed by atoms with E-state index in [-0.39, 0.29) is 11.3 Å². The molecule has 0 unspecified atom stereocenters. The summed E-state index contributed by atoms with van der Waals surface area (Å²) in [6, 6.07) is 18.3. The molecule has 7 heteroatoms. The maximum atomic E-state index is 13.0. The lowest BCUT2D eigenvalue weighted by Gasteiger charge is -2.24. The lowest BCUT2D eigenvalue weighted by atomic mass is 9.97. The molecule has 1 aliphatic heterocycles. The van der Waals surface area contributed by atoms with E-state index < -0.39 is 17.7 Å². The molecule has 4 rings (SSSR count). The molecule has 1 N–H and O–H groups in total. The van der Waals surface area contributed by atoms with Crippen molar-refractivity contribution in [2.75, 3.05) is 20.3 Å². The number of likely N-dealkylation sites (tertiary alicyclic amines) is 1. The van der Waals surface area contributed by atoms with Crippen LogP contribution in [0.4, 0.5) is 0 Å². The fourth-order valence-electron chi connectivity index (χ4n) is 4.11. The molecule has 1 fully saturated rings. The topological polar surface area (TPSA) is 76.1 Å². The Balaban J connectivity index is 1.65. The van der Waals surface area contributed by atoms with Crippen LogP contribution in [0.3, 0.4) is 0 Å². The molecule has 176 valence electrons. The Morgan fingerprint density at radius 3 is 2.56 bits per heavy atom. The predicted octanol–water partition coefficient (Wildman–Crippen LogP) is 5.09. The van der Waals surface area contributed by atoms with Gasteiger partial charge in [-0.2, -0.15) is 0 Å². The molecule has 0 radical (unpaired) electrons. The van der Waals surface area contributed by atoms with E-state index in [2.05, 4.69) is 0 Å². The minimum atomic E-state index is -0.669. The molecule has 1 atom stereocenters. The van der Waals surface area contributed by atoms with Crippen LogP contribution < -0.4 is 4.74 Å². The average molecular weight is 478 g/mol. The van der Waals surface area contributed by atoms with Gasteiger partial charge >= 0.3 is 0 Å². The quantitative estimate of drug-likeness (QED) is 0.201. The smallest absolute Gasteiger partial charge is 0.295 e. The van der Waals surface area contributed by atoms with Crippen molar-refractivity contribution < 1.29 is 24.2 Å². The van der Waals surface area contributed by atoms with Gasteiger partial charge in [-0.25, -0.2) is 0 Å². The summed E-state index contributed by atoms with van der Waals surface area (Å²) in [5, 5.41) is 13.2. The maximum Gasteiger partial charge on any atom is 0.295 e. The van der Waals surface area contributed by atoms with Crippen LogP contribution in [-0.4, -0.2) is 42.0 Å². The number of amides is 1. The van der Waals surface area contributed by atoms with Crippen LogP contribution >= 0.6 is 11.3 Å². The van der Waals surface area contributed by atoms with Gasteiger partial charge in [-0.3, -0.25) is 9.59 Å². The monoisotopic (exact) mass is 477 g/mol. The SMILES string of the molecule is COCCCN1C(=O)C(=O)C(=C(O)c2ccc(OCc3ccccc3)cc2C)[C@@H]1c1cccs1. The third kappa shape index (κ3) is 4.90. The van der Waals surface area contributed by atoms with E-state index in [1.165, 1.54) is 16.2 Å². The van der Waals surface area contributed by atoms with Gasteiger partial charge in [0.25, 0.3) is 11.7 Å². The van der Waals surface area contributed by atoms with Gasteiger partial charge in [-0.05, 0) is 54.1 Å². The van der Waals surface area contributed by atoms with Crippen LogP contribution in [-0.2, 0) is 20.9 Å². The zero-order valence-electron chi connectivity index (χ0n) is 19.2. The Hall–Kier alpha value is -3.42. The zero-order chi connectivity index (χ0) is 24.1. The number of rotatable bonds is 9. The summed E-state index contributed by atoms with van der Waals surface area (Å²) in [5.41, 5.74) is 2.42. The third-order valence-electron chi connectivity index (χ3n) is 5.80. The zero-order valence-corrected chi connectivity index (χ0v) is 20.0. The van der Waals surface area contributed by atoms with Gasteiger partial charge in [-0.1, -0.05) is 36.4 Å². The number of aryl methyl sites for hydroxylation is 1. The largest absolute Gasteiger partial charge is 0.507 e. The molecule has 1 aromatic heterocycles. The van der Waals surface area contributed by atoms with E-state index in [0.717, 1.165) is 16.0 Å². The van der Waals surface area contributed by atoms with Crippen LogP contribution in [0, 0.1) is 6.92 Å². The van der Waals surface area contributed by atoms with E-state index in [9.17, 15) is 14.7 Å². The number of thiophene rings is 1. The number of ether oxygens (including phenoxy) is 2. The highest BCUT2D eigenvalue weighted by Crippen LogP contribution is 2.41. The molecule has 0 saturated carbocycles. The lowest BCUT2D eigenvalue weighted by Crippen LogP contribution is -2.31. The molecule has 0 spiro atoms. The number of Topliss-reactive ketones (excluding diaryl/α,β-unsaturated/α-hetero) is 1. The second kappa shape index (κ2) is 10.7. The summed E-state index contributed by atoms with van der Waals surface area (Å²) in [6.07, 6.45) is 0.595. The van der Waals surface area contributed by atoms with Crippen molar-refractivity contribution in [1.29, 1.82) is 0 Å². The Kier molecular flexibility index (Phi) is 7.45. The van der Waals surface area contributed by atoms with Crippen LogP contribution in [0.25, 0.3) is 5.76 Å². The number of ketones is 1. The second-order valence-electron chi connectivity index (χ2n) is 8.11. The van der Waals surface area contributed by atoms with Crippen molar-refractivity contribution in [3.05, 3.63) is 93.2 Å². The highest BCUT2D eigenvalue weighted by Gasteiger charge is 2.46. The molecule has 34 heavy (non-hydrogen) atoms. The summed E-state index contributed by atoms with van der Waals surface area (Å²) in [5.74, 6) is -0.778. The van der Waals surface area contributed by atoms with Crippen molar-refractivity contribution in [3.63, 3.8) is 0 Å². The summed E-state index contributed by atoms with van der Waals surface area (Å²) >= 11 is 1.45. The van der Waals surface area contributed by atoms with E-state index in [0.29, 0.717) is 37.5 Å². The summed E-state index contributed by atoms with van der Waals surface area (Å²) in [6.45, 7) is 3.11. The van der Waals surface area contributed by atoms with Crippen LogP contribution in [0.15, 0.2) is 71.6 Å². The predicted molar refractivity (Wildman–Crippen MR) is 132 cm³/mol. The number of aliphatic hydroxyl groups excluding tert-OH is 1. The highest BCUT2D eigenvalue weighted by atomic mass is 32.1. The van der Waals surface area contributed by atoms with Gasteiger partial charge in [-0.15, -0.1) is 11.3 Å². The first kappa shape index (κ1) is 23.7. The molecule has 1 aliphatic rings. The molecular formula is C27H27NO5S. The first-order valence-corrected chi connectivity index (χ1v) is 12.0. The van der Waals surface area contributed by atoms with Gasteiger partial charge in [0.15, 0.2) is 0 Å². The standard InChI is InChI=1S/C27H27NO5S/c1-18-16-20(33-17-19-8-4-3-5-9-19)11-12-21(18)25(29)23-24(22-10-6-15-34-22)28(13-7-14-32-2)27(31)26(23)30/h3-6,8-12,15-16,24,29H,7,13-14,17H2,1-2H3/t24-/m0/s1. The van der Waals surface area contributed by atoms with E-state index in [4.69, 9.17) is 9.47 Å². The maximum absolute atomic E-state index is 13.0. The Labute approximate surface area is 203 Å². The molecule has 2 heterocycles. The van der Waals surface area contributed by atoms with Crippen molar-refractivity contribution in [3.8, 4) is 5.75 Å².